The Bertz CT molecular complexity index is 2090. The molecule has 13 heteroatoms. The number of nitriles is 1. The van der Waals surface area contributed by atoms with Gasteiger partial charge < -0.3 is 23.7 Å². The number of aryl methyl sites for hydroxylation is 1. The van der Waals surface area contributed by atoms with Crippen molar-refractivity contribution < 1.29 is 42.9 Å². The quantitative estimate of drug-likeness (QED) is 0.217. The number of hydrogen-bond donors (Lipinski definition) is 0. The fourth-order valence-corrected chi connectivity index (χ4v) is 9.09. The molecule has 2 unspecified atom stereocenters. The number of likely N-dealkylation sites (N-methyl/N-ethyl adjacent to an activating group) is 1. The van der Waals surface area contributed by atoms with Crippen molar-refractivity contribution in [1.29, 1.82) is 5.26 Å². The highest BCUT2D eigenvalue weighted by atomic mass is 16.7. The molecule has 0 N–H and O–H groups in total. The van der Waals surface area contributed by atoms with Crippen molar-refractivity contribution in [3.8, 4) is 34.8 Å². The van der Waals surface area contributed by atoms with Gasteiger partial charge in [-0.1, -0.05) is 18.2 Å². The second-order valence-corrected chi connectivity index (χ2v) is 13.7. The van der Waals surface area contributed by atoms with Crippen LogP contribution in [0.4, 0.5) is 0 Å². The van der Waals surface area contributed by atoms with Gasteiger partial charge in [0.2, 0.25) is 6.79 Å². The van der Waals surface area contributed by atoms with E-state index in [9.17, 15) is 24.4 Å². The molecule has 1 fully saturated rings. The Kier molecular flexibility index (Phi) is 7.59. The standard InChI is InChI=1S/C38H36N4O9/c1-17-11-21-12-25-27(14-39)42-26(31(40(25)5)29(21)36(32(17)47-6)51-20(4)44)13-24-30(35-34(48-16-49-35)18(2)33(24)50-19(3)43)28(42)15-41-37(45)22-9-7-8-10-23(22)38(41)46/h7-11,25-28,31H,12-13,15-16H2,1-6H3/t25-,26?,27?,28-,31-/m0/s1. The highest BCUT2D eigenvalue weighted by molar-refractivity contribution is 6.21. The fraction of sp³-hybridized carbons (Fsp3) is 0.395. The minimum atomic E-state index is -0.777. The number of methoxy groups -OCH3 is 1. The van der Waals surface area contributed by atoms with Crippen LogP contribution in [0.15, 0.2) is 30.3 Å². The van der Waals surface area contributed by atoms with E-state index in [0.717, 1.165) is 16.7 Å². The number of piperazine rings is 1. The number of ether oxygens (including phenoxy) is 5. The first-order chi connectivity index (χ1) is 24.5. The maximum absolute atomic E-state index is 13.9. The van der Waals surface area contributed by atoms with Crippen LogP contribution in [-0.4, -0.2) is 84.1 Å². The maximum Gasteiger partial charge on any atom is 0.308 e. The van der Waals surface area contributed by atoms with Crippen molar-refractivity contribution in [3.05, 3.63) is 74.8 Å². The summed E-state index contributed by atoms with van der Waals surface area (Å²) in [6, 6.07) is 8.53. The van der Waals surface area contributed by atoms with Crippen LogP contribution in [0.25, 0.3) is 0 Å². The number of esters is 2. The lowest BCUT2D eigenvalue weighted by atomic mass is 9.71. The van der Waals surface area contributed by atoms with E-state index in [4.69, 9.17) is 23.7 Å². The molecule has 0 aromatic heterocycles. The number of carbonyl (C=O) groups is 4. The molecule has 262 valence electrons. The average Bonchev–Trinajstić information content (AvgIpc) is 3.67. The largest absolute Gasteiger partial charge is 0.493 e. The summed E-state index contributed by atoms with van der Waals surface area (Å²) in [5.41, 5.74) is 4.91. The van der Waals surface area contributed by atoms with Gasteiger partial charge in [-0.3, -0.25) is 33.9 Å². The molecular formula is C38H36N4O9. The smallest absolute Gasteiger partial charge is 0.308 e. The van der Waals surface area contributed by atoms with E-state index in [2.05, 4.69) is 15.9 Å². The lowest BCUT2D eigenvalue weighted by molar-refractivity contribution is -0.133. The zero-order valence-electron chi connectivity index (χ0n) is 29.1. The number of benzene rings is 3. The molecule has 0 radical (unpaired) electrons. The van der Waals surface area contributed by atoms with Crippen LogP contribution in [0.3, 0.4) is 0 Å². The Morgan fingerprint density at radius 3 is 2.20 bits per heavy atom. The Morgan fingerprint density at radius 1 is 0.922 bits per heavy atom. The van der Waals surface area contributed by atoms with E-state index in [1.165, 1.54) is 25.9 Å². The van der Waals surface area contributed by atoms with E-state index >= 15 is 0 Å². The van der Waals surface area contributed by atoms with E-state index in [1.807, 2.05) is 20.0 Å². The molecule has 5 aliphatic rings. The lowest BCUT2D eigenvalue weighted by Gasteiger charge is -2.60. The van der Waals surface area contributed by atoms with Crippen LogP contribution in [0.5, 0.6) is 28.7 Å². The number of nitrogens with zero attached hydrogens (tertiary/aromatic N) is 4. The van der Waals surface area contributed by atoms with Gasteiger partial charge in [-0.05, 0) is 57.0 Å². The molecule has 1 saturated heterocycles. The Morgan fingerprint density at radius 2 is 1.57 bits per heavy atom. The highest BCUT2D eigenvalue weighted by Gasteiger charge is 2.58. The van der Waals surface area contributed by atoms with Gasteiger partial charge >= 0.3 is 11.9 Å². The van der Waals surface area contributed by atoms with Crippen molar-refractivity contribution in [2.45, 2.75) is 70.7 Å². The van der Waals surface area contributed by atoms with Crippen LogP contribution in [0.2, 0.25) is 0 Å². The van der Waals surface area contributed by atoms with Gasteiger partial charge in [-0.2, -0.15) is 5.26 Å². The van der Waals surface area contributed by atoms with Gasteiger partial charge in [0.1, 0.15) is 11.8 Å². The molecular weight excluding hydrogens is 656 g/mol. The Labute approximate surface area is 294 Å². The van der Waals surface area contributed by atoms with Gasteiger partial charge in [0.25, 0.3) is 11.8 Å². The monoisotopic (exact) mass is 692 g/mol. The Hall–Kier alpha value is -5.45. The molecule has 51 heavy (non-hydrogen) atoms. The maximum atomic E-state index is 13.9. The van der Waals surface area contributed by atoms with Gasteiger partial charge in [-0.25, -0.2) is 0 Å². The lowest BCUT2D eigenvalue weighted by Crippen LogP contribution is -2.69. The van der Waals surface area contributed by atoms with Crippen molar-refractivity contribution in [1.82, 2.24) is 14.7 Å². The molecule has 2 amide bonds. The Balaban J connectivity index is 1.39. The first-order valence-electron chi connectivity index (χ1n) is 16.8. The van der Waals surface area contributed by atoms with Crippen molar-refractivity contribution in [2.24, 2.45) is 0 Å². The summed E-state index contributed by atoms with van der Waals surface area (Å²) in [7, 11) is 3.48. The molecule has 0 saturated carbocycles. The molecule has 5 atom stereocenters. The minimum absolute atomic E-state index is 0.0801. The van der Waals surface area contributed by atoms with Gasteiger partial charge in [0, 0.05) is 54.7 Å². The van der Waals surface area contributed by atoms with Crippen LogP contribution in [0, 0.1) is 25.2 Å². The molecule has 3 aromatic carbocycles. The number of imide groups is 1. The number of rotatable bonds is 5. The summed E-state index contributed by atoms with van der Waals surface area (Å²) in [6.07, 6.45) is 0.739. The summed E-state index contributed by atoms with van der Waals surface area (Å²) in [5, 5.41) is 11.0. The molecule has 0 aliphatic carbocycles. The van der Waals surface area contributed by atoms with Crippen LogP contribution in [-0.2, 0) is 22.4 Å². The summed E-state index contributed by atoms with van der Waals surface area (Å²) >= 11 is 0. The molecule has 8 rings (SSSR count). The first kappa shape index (κ1) is 32.7. The van der Waals surface area contributed by atoms with Gasteiger partial charge in [0.05, 0.1) is 36.4 Å². The summed E-state index contributed by atoms with van der Waals surface area (Å²) < 4.78 is 29.7. The minimum Gasteiger partial charge on any atom is -0.493 e. The summed E-state index contributed by atoms with van der Waals surface area (Å²) in [6.45, 7) is 6.15. The van der Waals surface area contributed by atoms with Crippen molar-refractivity contribution in [3.63, 3.8) is 0 Å². The number of hydrogen-bond acceptors (Lipinski definition) is 12. The zero-order chi connectivity index (χ0) is 36.0. The third-order valence-electron chi connectivity index (χ3n) is 11.0. The van der Waals surface area contributed by atoms with E-state index in [1.54, 1.807) is 31.2 Å². The SMILES string of the molecule is COc1c(C)cc2c(c1OC(C)=O)[C@@H]1C3Cc4c(OC(C)=O)c(C)c5c(c4[C@H](CN4C(=O)c6ccccc6C4=O)N3C(C#N)[C@H](C2)N1C)OCO5. The molecule has 13 nitrogen and oxygen atoms in total. The number of fused-ring (bicyclic) bond motifs is 10. The van der Waals surface area contributed by atoms with E-state index in [0.29, 0.717) is 63.0 Å². The predicted molar refractivity (Wildman–Crippen MR) is 179 cm³/mol. The normalized spacial score (nSPS) is 24.3. The highest BCUT2D eigenvalue weighted by Crippen LogP contribution is 2.59. The van der Waals surface area contributed by atoms with E-state index in [-0.39, 0.29) is 25.8 Å². The molecule has 5 heterocycles. The van der Waals surface area contributed by atoms with Crippen molar-refractivity contribution >= 4 is 23.8 Å². The molecule has 3 aromatic rings. The summed E-state index contributed by atoms with van der Waals surface area (Å²) in [4.78, 5) is 58.5. The topological polar surface area (TPSA) is 148 Å². The predicted octanol–water partition coefficient (Wildman–Crippen LogP) is 3.96. The van der Waals surface area contributed by atoms with Crippen LogP contribution in [0.1, 0.15) is 80.0 Å². The van der Waals surface area contributed by atoms with E-state index < -0.39 is 47.9 Å². The molecule has 5 aliphatic heterocycles. The second-order valence-electron chi connectivity index (χ2n) is 13.7. The third-order valence-corrected chi connectivity index (χ3v) is 11.0. The first-order valence-corrected chi connectivity index (χ1v) is 16.8. The zero-order valence-corrected chi connectivity index (χ0v) is 29.1. The summed E-state index contributed by atoms with van der Waals surface area (Å²) in [5.74, 6) is -0.0275. The second kappa shape index (κ2) is 11.8. The van der Waals surface area contributed by atoms with Crippen LogP contribution < -0.4 is 23.7 Å². The van der Waals surface area contributed by atoms with Gasteiger partial charge in [0.15, 0.2) is 23.0 Å². The number of carbonyl (C=O) groups excluding carboxylic acids is 4. The van der Waals surface area contributed by atoms with Crippen LogP contribution >= 0.6 is 0 Å². The van der Waals surface area contributed by atoms with Crippen molar-refractivity contribution in [2.75, 3.05) is 27.5 Å². The van der Waals surface area contributed by atoms with Gasteiger partial charge in [-0.15, -0.1) is 0 Å². The average molecular weight is 693 g/mol. The molecule has 2 bridgehead atoms. The fourth-order valence-electron chi connectivity index (χ4n) is 9.09. The number of amides is 2. The molecule has 0 spiro atoms. The third kappa shape index (κ3) is 4.66.